The Hall–Kier alpha value is -2.12. The van der Waals surface area contributed by atoms with Crippen LogP contribution in [0.2, 0.25) is 0 Å². The number of ether oxygens (including phenoxy) is 1. The van der Waals surface area contributed by atoms with Crippen molar-refractivity contribution < 1.29 is 19.0 Å². The Morgan fingerprint density at radius 2 is 2.13 bits per heavy atom. The van der Waals surface area contributed by atoms with E-state index in [2.05, 4.69) is 41.7 Å². The van der Waals surface area contributed by atoms with Gasteiger partial charge < -0.3 is 9.84 Å². The van der Waals surface area contributed by atoms with Gasteiger partial charge in [0.2, 0.25) is 5.82 Å². The Labute approximate surface area is 194 Å². The molecule has 3 rings (SSSR count). The van der Waals surface area contributed by atoms with Gasteiger partial charge in [0.15, 0.2) is 15.4 Å². The molecule has 0 aliphatic heterocycles. The summed E-state index contributed by atoms with van der Waals surface area (Å²) in [5.41, 5.74) is -0.602. The van der Waals surface area contributed by atoms with Crippen molar-refractivity contribution in [1.29, 1.82) is 0 Å². The van der Waals surface area contributed by atoms with E-state index in [1.807, 2.05) is 20.8 Å². The van der Waals surface area contributed by atoms with Crippen molar-refractivity contribution in [3.05, 3.63) is 28.5 Å². The van der Waals surface area contributed by atoms with Gasteiger partial charge in [-0.05, 0) is 50.3 Å². The van der Waals surface area contributed by atoms with Crippen LogP contribution in [0.3, 0.4) is 0 Å². The van der Waals surface area contributed by atoms with Crippen molar-refractivity contribution in [3.63, 3.8) is 0 Å². The van der Waals surface area contributed by atoms with E-state index in [-0.39, 0.29) is 11.6 Å². The topological polar surface area (TPSA) is 116 Å². The van der Waals surface area contributed by atoms with E-state index >= 15 is 0 Å². The highest BCUT2D eigenvalue weighted by Gasteiger charge is 2.36. The van der Waals surface area contributed by atoms with Crippen LogP contribution in [0, 0.1) is 11.2 Å². The van der Waals surface area contributed by atoms with Crippen molar-refractivity contribution in [1.82, 2.24) is 30.4 Å². The summed E-state index contributed by atoms with van der Waals surface area (Å²) in [5.74, 6) is 0.0672. The van der Waals surface area contributed by atoms with Crippen LogP contribution in [0.1, 0.15) is 33.2 Å². The first-order valence-electron chi connectivity index (χ1n) is 9.22. The predicted molar refractivity (Wildman–Crippen MR) is 118 cm³/mol. The molecule has 1 aromatic carbocycles. The van der Waals surface area contributed by atoms with Crippen molar-refractivity contribution in [2.75, 3.05) is 12.4 Å². The fourth-order valence-electron chi connectivity index (χ4n) is 2.70. The van der Waals surface area contributed by atoms with Gasteiger partial charge in [-0.2, -0.15) is 0 Å². The molecular weight excluding hydrogens is 511 g/mol. The molecule has 9 nitrogen and oxygen atoms in total. The maximum Gasteiger partial charge on any atom is 0.329 e. The van der Waals surface area contributed by atoms with Crippen molar-refractivity contribution in [2.24, 2.45) is 5.41 Å². The van der Waals surface area contributed by atoms with Crippen LogP contribution in [-0.4, -0.2) is 53.8 Å². The molecular formula is C18H20BrFN6O3S2. The second-order valence-corrected chi connectivity index (χ2v) is 10.7. The molecule has 0 bridgehead atoms. The van der Waals surface area contributed by atoms with Gasteiger partial charge in [0.1, 0.15) is 11.6 Å². The molecule has 0 saturated heterocycles. The third kappa shape index (κ3) is 5.98. The number of nitrogens with zero attached hydrogens (tertiary/aromatic N) is 6. The smallest absolute Gasteiger partial charge is 0.329 e. The van der Waals surface area contributed by atoms with Gasteiger partial charge in [-0.3, -0.25) is 0 Å². The molecule has 0 aliphatic rings. The molecule has 13 heteroatoms. The van der Waals surface area contributed by atoms with E-state index in [1.54, 1.807) is 6.07 Å². The zero-order valence-electron chi connectivity index (χ0n) is 17.0. The number of carboxylic acid groups (broad SMARTS) is 1. The van der Waals surface area contributed by atoms with Crippen molar-refractivity contribution >= 4 is 45.0 Å². The molecule has 2 heterocycles. The summed E-state index contributed by atoms with van der Waals surface area (Å²) in [6, 6.07) is 3.35. The number of hydrogen-bond acceptors (Lipinski definition) is 9. The first-order valence-corrected chi connectivity index (χ1v) is 11.8. The molecule has 166 valence electrons. The van der Waals surface area contributed by atoms with Crippen molar-refractivity contribution in [3.8, 4) is 16.6 Å². The number of thioether (sulfide) groups is 1. The highest BCUT2D eigenvalue weighted by atomic mass is 79.9. The summed E-state index contributed by atoms with van der Waals surface area (Å²) in [6.07, 6.45) is 0.714. The van der Waals surface area contributed by atoms with Crippen LogP contribution in [0.4, 0.5) is 4.39 Å². The Morgan fingerprint density at radius 1 is 1.35 bits per heavy atom. The summed E-state index contributed by atoms with van der Waals surface area (Å²) in [5, 5.41) is 29.8. The third-order valence-corrected chi connectivity index (χ3v) is 6.85. The fourth-order valence-corrected chi connectivity index (χ4v) is 4.87. The van der Waals surface area contributed by atoms with Crippen LogP contribution in [0.5, 0.6) is 5.75 Å². The van der Waals surface area contributed by atoms with Crippen LogP contribution >= 0.6 is 39.0 Å². The number of benzene rings is 1. The molecule has 1 unspecified atom stereocenters. The van der Waals surface area contributed by atoms with E-state index in [1.165, 1.54) is 39.9 Å². The normalized spacial score (nSPS) is 12.7. The number of halogens is 2. The molecule has 0 radical (unpaired) electrons. The van der Waals surface area contributed by atoms with Gasteiger partial charge in [-0.15, -0.1) is 15.3 Å². The largest absolute Gasteiger partial charge is 0.492 e. The summed E-state index contributed by atoms with van der Waals surface area (Å²) < 4.78 is 21.6. The third-order valence-electron chi connectivity index (χ3n) is 4.05. The summed E-state index contributed by atoms with van der Waals surface area (Å²) in [4.78, 5) is 11.8. The molecule has 2 aromatic heterocycles. The Kier molecular flexibility index (Phi) is 7.59. The number of carboxylic acids is 1. The average Bonchev–Trinajstić information content (AvgIpc) is 3.32. The Bertz CT molecular complexity index is 1060. The number of carbonyl (C=O) groups is 1. The van der Waals surface area contributed by atoms with E-state index in [0.717, 1.165) is 0 Å². The second kappa shape index (κ2) is 10.0. The molecule has 0 fully saturated rings. The van der Waals surface area contributed by atoms with Gasteiger partial charge >= 0.3 is 5.97 Å². The van der Waals surface area contributed by atoms with Gasteiger partial charge in [0, 0.05) is 11.8 Å². The summed E-state index contributed by atoms with van der Waals surface area (Å²) in [6.45, 7) is 5.85. The Morgan fingerprint density at radius 3 is 2.84 bits per heavy atom. The standard InChI is InChI=1S/C18H20BrFN6O3S2/c1-18(2,3)13(16(27)28)26-14(21-24-25-26)15-22-23-17(31-15)30-8-4-7-29-12-9-10(20)5-6-11(12)19/h5-6,9,13H,4,7-8H2,1-3H3,(H,27,28). The minimum Gasteiger partial charge on any atom is -0.492 e. The molecule has 0 spiro atoms. The van der Waals surface area contributed by atoms with Gasteiger partial charge in [-0.25, -0.2) is 13.9 Å². The average molecular weight is 531 g/mol. The second-order valence-electron chi connectivity index (χ2n) is 7.55. The molecule has 3 aromatic rings. The Balaban J connectivity index is 1.58. The van der Waals surface area contributed by atoms with Crippen LogP contribution in [0.25, 0.3) is 10.8 Å². The minimum atomic E-state index is -1.02. The molecule has 0 amide bonds. The van der Waals surface area contributed by atoms with Crippen molar-refractivity contribution in [2.45, 2.75) is 37.6 Å². The van der Waals surface area contributed by atoms with E-state index in [4.69, 9.17) is 4.74 Å². The monoisotopic (exact) mass is 530 g/mol. The van der Waals surface area contributed by atoms with E-state index in [9.17, 15) is 14.3 Å². The first kappa shape index (κ1) is 23.5. The molecule has 0 aliphatic carbocycles. The number of hydrogen-bond donors (Lipinski definition) is 1. The molecule has 1 N–H and O–H groups in total. The van der Waals surface area contributed by atoms with Gasteiger partial charge in [0.25, 0.3) is 0 Å². The number of aliphatic carboxylic acids is 1. The highest BCUT2D eigenvalue weighted by molar-refractivity contribution is 9.10. The lowest BCUT2D eigenvalue weighted by Crippen LogP contribution is -2.32. The lowest BCUT2D eigenvalue weighted by Gasteiger charge is -2.26. The number of tetrazole rings is 1. The molecule has 1 atom stereocenters. The van der Waals surface area contributed by atoms with E-state index in [0.29, 0.717) is 38.4 Å². The zero-order valence-corrected chi connectivity index (χ0v) is 20.2. The van der Waals surface area contributed by atoms with E-state index < -0.39 is 17.4 Å². The SMILES string of the molecule is CC(C)(C)C(C(=O)O)n1nnnc1-c1nnc(SCCCOc2cc(F)ccc2Br)s1. The lowest BCUT2D eigenvalue weighted by molar-refractivity contribution is -0.144. The van der Waals surface area contributed by atoms with Gasteiger partial charge in [0.05, 0.1) is 11.1 Å². The van der Waals surface area contributed by atoms with Crippen LogP contribution in [-0.2, 0) is 4.79 Å². The maximum absolute atomic E-state index is 13.3. The number of aromatic nitrogens is 6. The van der Waals surface area contributed by atoms with Gasteiger partial charge in [-0.1, -0.05) is 43.9 Å². The molecule has 31 heavy (non-hydrogen) atoms. The first-order chi connectivity index (χ1) is 14.7. The highest BCUT2D eigenvalue weighted by Crippen LogP contribution is 2.35. The maximum atomic E-state index is 13.3. The lowest BCUT2D eigenvalue weighted by atomic mass is 9.87. The van der Waals surface area contributed by atoms with Crippen LogP contribution < -0.4 is 4.74 Å². The summed E-state index contributed by atoms with van der Waals surface area (Å²) in [7, 11) is 0. The fraction of sp³-hybridized carbons (Fsp3) is 0.444. The number of rotatable bonds is 9. The predicted octanol–water partition coefficient (Wildman–Crippen LogP) is 4.33. The minimum absolute atomic E-state index is 0.269. The zero-order chi connectivity index (χ0) is 22.6. The quantitative estimate of drug-likeness (QED) is 0.318. The van der Waals surface area contributed by atoms with Crippen LogP contribution in [0.15, 0.2) is 27.0 Å². The molecule has 0 saturated carbocycles. The summed E-state index contributed by atoms with van der Waals surface area (Å²) >= 11 is 6.11.